The predicted octanol–water partition coefficient (Wildman–Crippen LogP) is 1.23. The molecule has 16 heavy (non-hydrogen) atoms. The van der Waals surface area contributed by atoms with Crippen LogP contribution in [0.1, 0.15) is 18.9 Å². The van der Waals surface area contributed by atoms with E-state index in [1.54, 1.807) is 0 Å². The summed E-state index contributed by atoms with van der Waals surface area (Å²) in [7, 11) is 0. The molecule has 1 amide bonds. The molecule has 0 saturated heterocycles. The first-order valence-corrected chi connectivity index (χ1v) is 5.48. The average molecular weight is 222 g/mol. The highest BCUT2D eigenvalue weighted by Gasteiger charge is 1.99. The van der Waals surface area contributed by atoms with Crippen LogP contribution in [-0.4, -0.2) is 19.0 Å². The summed E-state index contributed by atoms with van der Waals surface area (Å²) in [5, 5.41) is 3.07. The van der Waals surface area contributed by atoms with E-state index >= 15 is 0 Å². The third-order valence-electron chi connectivity index (χ3n) is 2.05. The fraction of sp³-hybridized carbons (Fsp3) is 0.417. The normalized spacial score (nSPS) is 10.1. The number of nitrogens with one attached hydrogen (secondary N) is 2. The van der Waals surface area contributed by atoms with E-state index in [-0.39, 0.29) is 5.91 Å². The third-order valence-corrected chi connectivity index (χ3v) is 2.05. The van der Waals surface area contributed by atoms with Gasteiger partial charge in [0.05, 0.1) is 6.61 Å². The van der Waals surface area contributed by atoms with Crippen molar-refractivity contribution in [1.82, 2.24) is 10.8 Å². The molecule has 0 atom stereocenters. The quantitative estimate of drug-likeness (QED) is 0.539. The van der Waals surface area contributed by atoms with Crippen LogP contribution in [0.4, 0.5) is 0 Å². The molecule has 2 N–H and O–H groups in total. The lowest BCUT2D eigenvalue weighted by Gasteiger charge is -2.06. The first-order valence-electron chi connectivity index (χ1n) is 5.48. The van der Waals surface area contributed by atoms with Crippen LogP contribution < -0.4 is 10.8 Å². The van der Waals surface area contributed by atoms with E-state index in [1.165, 1.54) is 0 Å². The Morgan fingerprint density at radius 2 is 2.06 bits per heavy atom. The summed E-state index contributed by atoms with van der Waals surface area (Å²) in [5.74, 6) is -0.100. The number of hydrogen-bond donors (Lipinski definition) is 2. The van der Waals surface area contributed by atoms with Crippen molar-refractivity contribution in [2.75, 3.05) is 13.1 Å². The van der Waals surface area contributed by atoms with Crippen molar-refractivity contribution in [2.45, 2.75) is 20.0 Å². The Morgan fingerprint density at radius 1 is 1.31 bits per heavy atom. The molecule has 0 spiro atoms. The number of hydroxylamine groups is 1. The average Bonchev–Trinajstić information content (AvgIpc) is 2.31. The van der Waals surface area contributed by atoms with Crippen LogP contribution in [0.3, 0.4) is 0 Å². The Kier molecular flexibility index (Phi) is 6.22. The molecule has 0 radical (unpaired) electrons. The maximum Gasteiger partial charge on any atom is 0.244 e. The van der Waals surface area contributed by atoms with Crippen LogP contribution in [0.15, 0.2) is 30.3 Å². The van der Waals surface area contributed by atoms with E-state index in [4.69, 9.17) is 4.84 Å². The number of carbonyl (C=O) groups excluding carboxylic acids is 1. The lowest BCUT2D eigenvalue weighted by Crippen LogP contribution is -2.27. The number of amides is 1. The highest BCUT2D eigenvalue weighted by atomic mass is 16.6. The summed E-state index contributed by atoms with van der Waals surface area (Å²) >= 11 is 0. The summed E-state index contributed by atoms with van der Waals surface area (Å²) in [6.07, 6.45) is 0.433. The van der Waals surface area contributed by atoms with Crippen molar-refractivity contribution in [3.05, 3.63) is 35.9 Å². The van der Waals surface area contributed by atoms with Gasteiger partial charge in [0.15, 0.2) is 0 Å². The van der Waals surface area contributed by atoms with Crippen molar-refractivity contribution in [1.29, 1.82) is 0 Å². The minimum absolute atomic E-state index is 0.100. The highest BCUT2D eigenvalue weighted by molar-refractivity contribution is 5.74. The van der Waals surface area contributed by atoms with E-state index in [0.29, 0.717) is 19.6 Å². The van der Waals surface area contributed by atoms with E-state index in [9.17, 15) is 4.79 Å². The van der Waals surface area contributed by atoms with Crippen LogP contribution >= 0.6 is 0 Å². The Balaban J connectivity index is 2.09. The first-order chi connectivity index (χ1) is 7.83. The lowest BCUT2D eigenvalue weighted by molar-refractivity contribution is -0.134. The lowest BCUT2D eigenvalue weighted by atomic mass is 10.2. The van der Waals surface area contributed by atoms with Gasteiger partial charge in [-0.2, -0.15) is 0 Å². The molecule has 0 fully saturated rings. The molecule has 0 unspecified atom stereocenters. The second-order valence-electron chi connectivity index (χ2n) is 3.40. The van der Waals surface area contributed by atoms with E-state index < -0.39 is 0 Å². The van der Waals surface area contributed by atoms with Crippen LogP contribution in [0.25, 0.3) is 0 Å². The second kappa shape index (κ2) is 7.84. The molecule has 4 heteroatoms. The standard InChI is InChI=1S/C12H18N2O2/c1-2-13-9-8-12(15)14-16-10-11-6-4-3-5-7-11/h3-7,13H,2,8-10H2,1H3,(H,14,15). The van der Waals surface area contributed by atoms with Gasteiger partial charge in [0.2, 0.25) is 5.91 Å². The maximum absolute atomic E-state index is 11.2. The molecule has 1 aromatic carbocycles. The Labute approximate surface area is 95.9 Å². The molecule has 0 aliphatic rings. The fourth-order valence-electron chi connectivity index (χ4n) is 1.20. The Morgan fingerprint density at radius 3 is 2.75 bits per heavy atom. The number of hydrogen-bond acceptors (Lipinski definition) is 3. The zero-order chi connectivity index (χ0) is 11.6. The zero-order valence-electron chi connectivity index (χ0n) is 9.53. The van der Waals surface area contributed by atoms with Gasteiger partial charge >= 0.3 is 0 Å². The predicted molar refractivity (Wildman–Crippen MR) is 62.5 cm³/mol. The van der Waals surface area contributed by atoms with Crippen molar-refractivity contribution in [3.8, 4) is 0 Å². The van der Waals surface area contributed by atoms with Crippen molar-refractivity contribution >= 4 is 5.91 Å². The number of benzene rings is 1. The summed E-state index contributed by atoms with van der Waals surface area (Å²) < 4.78 is 0. The van der Waals surface area contributed by atoms with Crippen LogP contribution in [0.2, 0.25) is 0 Å². The minimum Gasteiger partial charge on any atom is -0.316 e. The Bertz CT molecular complexity index is 301. The van der Waals surface area contributed by atoms with E-state index in [0.717, 1.165) is 12.1 Å². The molecule has 0 aliphatic heterocycles. The first kappa shape index (κ1) is 12.7. The van der Waals surface area contributed by atoms with E-state index in [2.05, 4.69) is 10.8 Å². The summed E-state index contributed by atoms with van der Waals surface area (Å²) in [6, 6.07) is 9.71. The molecule has 0 bridgehead atoms. The van der Waals surface area contributed by atoms with Gasteiger partial charge in [0, 0.05) is 13.0 Å². The second-order valence-corrected chi connectivity index (χ2v) is 3.40. The molecule has 1 aromatic rings. The SMILES string of the molecule is CCNCCC(=O)NOCc1ccccc1. The minimum atomic E-state index is -0.100. The number of carbonyl (C=O) groups is 1. The van der Waals surface area contributed by atoms with Gasteiger partial charge in [0.25, 0.3) is 0 Å². The van der Waals surface area contributed by atoms with Gasteiger partial charge in [-0.3, -0.25) is 9.63 Å². The molecule has 0 heterocycles. The maximum atomic E-state index is 11.2. The van der Waals surface area contributed by atoms with Gasteiger partial charge in [-0.15, -0.1) is 0 Å². The molecule has 1 rings (SSSR count). The topological polar surface area (TPSA) is 50.4 Å². The van der Waals surface area contributed by atoms with Gasteiger partial charge in [-0.25, -0.2) is 5.48 Å². The highest BCUT2D eigenvalue weighted by Crippen LogP contribution is 1.98. The molecule has 0 aliphatic carbocycles. The molecule has 0 aromatic heterocycles. The molecule has 88 valence electrons. The monoisotopic (exact) mass is 222 g/mol. The van der Waals surface area contributed by atoms with Crippen molar-refractivity contribution in [3.63, 3.8) is 0 Å². The van der Waals surface area contributed by atoms with Gasteiger partial charge in [0.1, 0.15) is 0 Å². The third kappa shape index (κ3) is 5.48. The smallest absolute Gasteiger partial charge is 0.244 e. The molecular formula is C12H18N2O2. The molecule has 4 nitrogen and oxygen atoms in total. The largest absolute Gasteiger partial charge is 0.316 e. The van der Waals surface area contributed by atoms with Gasteiger partial charge in [-0.1, -0.05) is 37.3 Å². The summed E-state index contributed by atoms with van der Waals surface area (Å²) in [6.45, 7) is 3.95. The molecular weight excluding hydrogens is 204 g/mol. The van der Waals surface area contributed by atoms with Crippen LogP contribution in [0, 0.1) is 0 Å². The van der Waals surface area contributed by atoms with Gasteiger partial charge < -0.3 is 5.32 Å². The van der Waals surface area contributed by atoms with Crippen molar-refractivity contribution in [2.24, 2.45) is 0 Å². The Hall–Kier alpha value is -1.39. The zero-order valence-corrected chi connectivity index (χ0v) is 9.53. The van der Waals surface area contributed by atoms with Crippen LogP contribution in [-0.2, 0) is 16.2 Å². The molecule has 0 saturated carbocycles. The summed E-state index contributed by atoms with van der Waals surface area (Å²) in [5.41, 5.74) is 3.45. The fourth-order valence-corrected chi connectivity index (χ4v) is 1.20. The van der Waals surface area contributed by atoms with Gasteiger partial charge in [-0.05, 0) is 12.1 Å². The number of rotatable bonds is 7. The van der Waals surface area contributed by atoms with Crippen LogP contribution in [0.5, 0.6) is 0 Å². The van der Waals surface area contributed by atoms with Crippen molar-refractivity contribution < 1.29 is 9.63 Å². The summed E-state index contributed by atoms with van der Waals surface area (Å²) in [4.78, 5) is 16.3. The van der Waals surface area contributed by atoms with E-state index in [1.807, 2.05) is 37.3 Å².